The van der Waals surface area contributed by atoms with Gasteiger partial charge in [0.15, 0.2) is 0 Å². The van der Waals surface area contributed by atoms with E-state index in [0.29, 0.717) is 18.9 Å². The van der Waals surface area contributed by atoms with Crippen molar-refractivity contribution in [3.63, 3.8) is 0 Å². The third-order valence-corrected chi connectivity index (χ3v) is 6.25. The zero-order valence-electron chi connectivity index (χ0n) is 19.0. The number of aromatic nitrogens is 6. The molecule has 13 heteroatoms. The first-order chi connectivity index (χ1) is 17.2. The summed E-state index contributed by atoms with van der Waals surface area (Å²) >= 11 is 0. The van der Waals surface area contributed by atoms with Gasteiger partial charge in [-0.1, -0.05) is 0 Å². The predicted molar refractivity (Wildman–Crippen MR) is 123 cm³/mol. The third kappa shape index (κ3) is 4.10. The zero-order chi connectivity index (χ0) is 25.5. The molecule has 1 amide bonds. The van der Waals surface area contributed by atoms with E-state index < -0.39 is 23.7 Å². The Balaban J connectivity index is 1.31. The molecule has 0 spiro atoms. The van der Waals surface area contributed by atoms with Crippen LogP contribution in [-0.2, 0) is 5.54 Å². The van der Waals surface area contributed by atoms with E-state index in [1.807, 2.05) is 34.7 Å². The molecule has 0 aromatic carbocycles. The number of H-pyrrole nitrogens is 1. The average molecular weight is 495 g/mol. The number of nitrogens with zero attached hydrogens (tertiary/aromatic N) is 7. The second-order valence-electron chi connectivity index (χ2n) is 8.68. The van der Waals surface area contributed by atoms with Crippen molar-refractivity contribution in [3.8, 4) is 17.2 Å². The molecule has 4 aromatic rings. The maximum atomic E-state index is 12.7. The van der Waals surface area contributed by atoms with Crippen molar-refractivity contribution in [1.29, 1.82) is 5.26 Å². The number of rotatable bonds is 6. The van der Waals surface area contributed by atoms with Crippen molar-refractivity contribution in [2.45, 2.75) is 31.1 Å². The van der Waals surface area contributed by atoms with Gasteiger partial charge in [0, 0.05) is 42.6 Å². The highest BCUT2D eigenvalue weighted by atomic mass is 19.4. The minimum absolute atomic E-state index is 0.212. The molecule has 0 unspecified atom stereocenters. The molecule has 5 rings (SSSR count). The van der Waals surface area contributed by atoms with E-state index in [-0.39, 0.29) is 12.1 Å². The largest absolute Gasteiger partial charge is 0.408 e. The van der Waals surface area contributed by atoms with E-state index in [4.69, 9.17) is 0 Å². The molecule has 36 heavy (non-hydrogen) atoms. The molecule has 0 bridgehead atoms. The van der Waals surface area contributed by atoms with Crippen LogP contribution in [0.2, 0.25) is 0 Å². The van der Waals surface area contributed by atoms with Crippen molar-refractivity contribution in [2.24, 2.45) is 0 Å². The SMILES string of the molecule is C[C@H](NC(=O)c1cnc(N2CC(CC#N)(n3cc(-c4ccnc5[nH]ccc45)cn3)C2)cn1)C(F)(F)F. The lowest BCUT2D eigenvalue weighted by molar-refractivity contribution is -0.149. The number of amides is 1. The summed E-state index contributed by atoms with van der Waals surface area (Å²) in [6.07, 6.45) is 5.31. The van der Waals surface area contributed by atoms with Crippen LogP contribution in [0.3, 0.4) is 0 Å². The summed E-state index contributed by atoms with van der Waals surface area (Å²) in [6, 6.07) is 4.07. The molecule has 1 aliphatic heterocycles. The number of hydrogen-bond acceptors (Lipinski definition) is 7. The number of halogens is 3. The Morgan fingerprint density at radius 3 is 2.75 bits per heavy atom. The fourth-order valence-corrected chi connectivity index (χ4v) is 4.20. The number of pyridine rings is 1. The number of fused-ring (bicyclic) bond motifs is 1. The molecule has 1 fully saturated rings. The summed E-state index contributed by atoms with van der Waals surface area (Å²) in [5, 5.41) is 16.8. The highest BCUT2D eigenvalue weighted by Crippen LogP contribution is 2.36. The van der Waals surface area contributed by atoms with Crippen molar-refractivity contribution in [3.05, 3.63) is 55.0 Å². The molecule has 0 aliphatic carbocycles. The van der Waals surface area contributed by atoms with E-state index in [2.05, 4.69) is 31.1 Å². The highest BCUT2D eigenvalue weighted by Gasteiger charge is 2.46. The molecule has 0 radical (unpaired) electrons. The van der Waals surface area contributed by atoms with E-state index in [1.54, 1.807) is 17.1 Å². The Kier molecular flexibility index (Phi) is 5.58. The summed E-state index contributed by atoms with van der Waals surface area (Å²) in [7, 11) is 0. The molecular formula is C23H20F3N9O. The Labute approximate surface area is 202 Å². The molecular weight excluding hydrogens is 475 g/mol. The van der Waals surface area contributed by atoms with Gasteiger partial charge in [-0.05, 0) is 24.6 Å². The lowest BCUT2D eigenvalue weighted by Crippen LogP contribution is -2.63. The summed E-state index contributed by atoms with van der Waals surface area (Å²) in [5.41, 5.74) is 1.82. The summed E-state index contributed by atoms with van der Waals surface area (Å²) in [5.74, 6) is -0.516. The summed E-state index contributed by atoms with van der Waals surface area (Å²) < 4.78 is 39.8. The Hall–Kier alpha value is -4.47. The fraction of sp³-hybridized carbons (Fsp3) is 0.304. The fourth-order valence-electron chi connectivity index (χ4n) is 4.20. The second-order valence-corrected chi connectivity index (χ2v) is 8.68. The number of carbonyl (C=O) groups excluding carboxylic acids is 1. The van der Waals surface area contributed by atoms with E-state index >= 15 is 0 Å². The molecule has 0 saturated carbocycles. The number of hydrogen-bond donors (Lipinski definition) is 2. The molecule has 10 nitrogen and oxygen atoms in total. The molecule has 1 aliphatic rings. The quantitative estimate of drug-likeness (QED) is 0.421. The standard InChI is InChI=1S/C23H20F3N9O/c1-14(23(24,25)26)33-21(36)18-9-31-19(10-30-18)34-12-22(13-34,4-5-27)35-11-15(8-32-35)16-2-6-28-20-17(16)3-7-29-20/h2-3,6-11,14H,4,12-13H2,1H3,(H,28,29)(H,33,36)/t14-/m0/s1. The maximum absolute atomic E-state index is 12.7. The van der Waals surface area contributed by atoms with E-state index in [0.717, 1.165) is 35.3 Å². The Morgan fingerprint density at radius 2 is 2.06 bits per heavy atom. The maximum Gasteiger partial charge on any atom is 0.408 e. The lowest BCUT2D eigenvalue weighted by Gasteiger charge is -2.49. The zero-order valence-corrected chi connectivity index (χ0v) is 19.0. The Bertz CT molecular complexity index is 1450. The second kappa shape index (κ2) is 8.63. The van der Waals surface area contributed by atoms with Crippen LogP contribution in [0, 0.1) is 11.3 Å². The van der Waals surface area contributed by atoms with Gasteiger partial charge in [0.2, 0.25) is 0 Å². The van der Waals surface area contributed by atoms with Gasteiger partial charge in [-0.15, -0.1) is 0 Å². The number of alkyl halides is 3. The first-order valence-corrected chi connectivity index (χ1v) is 11.0. The molecule has 184 valence electrons. The molecule has 1 atom stereocenters. The number of carbonyl (C=O) groups is 1. The summed E-state index contributed by atoms with van der Waals surface area (Å²) in [4.78, 5) is 29.5. The van der Waals surface area contributed by atoms with Gasteiger partial charge in [-0.3, -0.25) is 9.48 Å². The van der Waals surface area contributed by atoms with Crippen LogP contribution in [-0.4, -0.2) is 60.9 Å². The number of nitriles is 1. The van der Waals surface area contributed by atoms with Gasteiger partial charge < -0.3 is 15.2 Å². The highest BCUT2D eigenvalue weighted by molar-refractivity contribution is 5.93. The van der Waals surface area contributed by atoms with Crippen molar-refractivity contribution < 1.29 is 18.0 Å². The minimum Gasteiger partial charge on any atom is -0.350 e. The van der Waals surface area contributed by atoms with Gasteiger partial charge in [-0.2, -0.15) is 23.5 Å². The van der Waals surface area contributed by atoms with Crippen LogP contribution < -0.4 is 10.2 Å². The average Bonchev–Trinajstić information content (AvgIpc) is 3.50. The van der Waals surface area contributed by atoms with Crippen LogP contribution in [0.25, 0.3) is 22.2 Å². The normalized spacial score (nSPS) is 15.8. The van der Waals surface area contributed by atoms with Crippen molar-refractivity contribution in [2.75, 3.05) is 18.0 Å². The first kappa shape index (κ1) is 23.3. The number of anilines is 1. The van der Waals surface area contributed by atoms with Gasteiger partial charge in [0.05, 0.1) is 31.1 Å². The summed E-state index contributed by atoms with van der Waals surface area (Å²) in [6.45, 7) is 1.69. The molecule has 4 aromatic heterocycles. The van der Waals surface area contributed by atoms with Gasteiger partial charge in [0.1, 0.15) is 28.7 Å². The van der Waals surface area contributed by atoms with Crippen LogP contribution in [0.1, 0.15) is 23.8 Å². The van der Waals surface area contributed by atoms with E-state index in [1.165, 1.54) is 6.20 Å². The lowest BCUT2D eigenvalue weighted by atomic mass is 9.87. The number of aromatic amines is 1. The molecule has 5 heterocycles. The van der Waals surface area contributed by atoms with E-state index in [9.17, 15) is 23.2 Å². The number of nitrogens with one attached hydrogen (secondary N) is 2. The Morgan fingerprint density at radius 1 is 1.25 bits per heavy atom. The van der Waals surface area contributed by atoms with Crippen LogP contribution >= 0.6 is 0 Å². The molecule has 1 saturated heterocycles. The van der Waals surface area contributed by atoms with Crippen molar-refractivity contribution in [1.82, 2.24) is 35.0 Å². The smallest absolute Gasteiger partial charge is 0.350 e. The topological polar surface area (TPSA) is 128 Å². The monoisotopic (exact) mass is 495 g/mol. The first-order valence-electron chi connectivity index (χ1n) is 11.0. The van der Waals surface area contributed by atoms with Gasteiger partial charge in [0.25, 0.3) is 5.91 Å². The predicted octanol–water partition coefficient (Wildman–Crippen LogP) is 3.03. The van der Waals surface area contributed by atoms with Crippen LogP contribution in [0.5, 0.6) is 0 Å². The van der Waals surface area contributed by atoms with Gasteiger partial charge >= 0.3 is 6.18 Å². The van der Waals surface area contributed by atoms with Crippen LogP contribution in [0.15, 0.2) is 49.3 Å². The molecule has 2 N–H and O–H groups in total. The van der Waals surface area contributed by atoms with Gasteiger partial charge in [-0.25, -0.2) is 15.0 Å². The van der Waals surface area contributed by atoms with Crippen LogP contribution in [0.4, 0.5) is 19.0 Å². The third-order valence-electron chi connectivity index (χ3n) is 6.25. The minimum atomic E-state index is -4.55. The van der Waals surface area contributed by atoms with Crippen molar-refractivity contribution >= 4 is 22.8 Å².